The molecule has 1 amide bonds. The number of hydrogen-bond acceptors (Lipinski definition) is 5. The Bertz CT molecular complexity index is 1540. The monoisotopic (exact) mass is 501 g/mol. The fraction of sp³-hybridized carbons (Fsp3) is 0.111. The number of H-pyrrole nitrogens is 1. The van der Waals surface area contributed by atoms with Crippen molar-refractivity contribution < 1.29 is 19.6 Å². The number of likely N-dealkylation sites (tertiary alicyclic amines) is 1. The van der Waals surface area contributed by atoms with Crippen LogP contribution >= 0.6 is 11.6 Å². The Morgan fingerprint density at radius 3 is 2.56 bits per heavy atom. The molecule has 1 atom stereocenters. The molecule has 0 radical (unpaired) electrons. The molecular formula is C27H20ClN3O5. The highest BCUT2D eigenvalue weighted by molar-refractivity contribution is 6.46. The predicted molar refractivity (Wildman–Crippen MR) is 136 cm³/mol. The summed E-state index contributed by atoms with van der Waals surface area (Å²) in [5.41, 5.74) is 2.28. The standard InChI is InChI=1S/C27H20ClN3O5/c28-19-10-8-16(9-11-19)25(32)23-24(17-4-3-5-20(14-17)31(35)36)30(27(34)26(23)33)13-12-18-15-29-22-7-2-1-6-21(18)22/h1-11,14-15,24,29,32H,12-13H2/t24-/m0/s1. The molecule has 3 aromatic carbocycles. The highest BCUT2D eigenvalue weighted by Gasteiger charge is 2.46. The van der Waals surface area contributed by atoms with E-state index in [-0.39, 0.29) is 23.6 Å². The largest absolute Gasteiger partial charge is 0.507 e. The van der Waals surface area contributed by atoms with Crippen LogP contribution in [0.4, 0.5) is 5.69 Å². The summed E-state index contributed by atoms with van der Waals surface area (Å²) in [6.45, 7) is 0.164. The lowest BCUT2D eigenvalue weighted by molar-refractivity contribution is -0.384. The van der Waals surface area contributed by atoms with E-state index in [1.807, 2.05) is 30.5 Å². The number of ketones is 1. The molecule has 8 nitrogen and oxygen atoms in total. The van der Waals surface area contributed by atoms with Crippen LogP contribution in [0.2, 0.25) is 5.02 Å². The summed E-state index contributed by atoms with van der Waals surface area (Å²) >= 11 is 5.96. The molecule has 0 saturated carbocycles. The zero-order chi connectivity index (χ0) is 25.4. The van der Waals surface area contributed by atoms with Gasteiger partial charge in [0.1, 0.15) is 5.76 Å². The van der Waals surface area contributed by atoms with Crippen molar-refractivity contribution in [3.63, 3.8) is 0 Å². The van der Waals surface area contributed by atoms with Gasteiger partial charge in [-0.3, -0.25) is 19.7 Å². The third kappa shape index (κ3) is 4.12. The topological polar surface area (TPSA) is 117 Å². The Balaban J connectivity index is 1.59. The van der Waals surface area contributed by atoms with E-state index in [2.05, 4.69) is 4.98 Å². The van der Waals surface area contributed by atoms with Crippen molar-refractivity contribution in [1.82, 2.24) is 9.88 Å². The van der Waals surface area contributed by atoms with E-state index in [1.54, 1.807) is 30.3 Å². The number of halogens is 1. The number of aliphatic hydroxyl groups excluding tert-OH is 1. The summed E-state index contributed by atoms with van der Waals surface area (Å²) in [5.74, 6) is -1.99. The minimum Gasteiger partial charge on any atom is -0.507 e. The van der Waals surface area contributed by atoms with Crippen molar-refractivity contribution >= 4 is 45.6 Å². The normalized spacial score (nSPS) is 17.1. The van der Waals surface area contributed by atoms with Gasteiger partial charge in [0.25, 0.3) is 17.4 Å². The number of non-ortho nitro benzene ring substituents is 1. The lowest BCUT2D eigenvalue weighted by Gasteiger charge is -2.25. The number of aliphatic hydroxyl groups is 1. The highest BCUT2D eigenvalue weighted by atomic mass is 35.5. The first-order valence-corrected chi connectivity index (χ1v) is 11.6. The number of nitrogens with zero attached hydrogens (tertiary/aromatic N) is 2. The molecule has 2 heterocycles. The number of aromatic nitrogens is 1. The molecule has 4 aromatic rings. The van der Waals surface area contributed by atoms with Crippen LogP contribution in [0, 0.1) is 10.1 Å². The van der Waals surface area contributed by atoms with Gasteiger partial charge in [0, 0.05) is 46.4 Å². The van der Waals surface area contributed by atoms with Crippen LogP contribution in [0.25, 0.3) is 16.7 Å². The van der Waals surface area contributed by atoms with Crippen molar-refractivity contribution in [3.8, 4) is 0 Å². The molecule has 9 heteroatoms. The number of nitro groups is 1. The van der Waals surface area contributed by atoms with Crippen LogP contribution in [-0.4, -0.2) is 38.1 Å². The summed E-state index contributed by atoms with van der Waals surface area (Å²) in [6.07, 6.45) is 2.29. The number of hydrogen-bond donors (Lipinski definition) is 2. The quantitative estimate of drug-likeness (QED) is 0.121. The lowest BCUT2D eigenvalue weighted by Crippen LogP contribution is -2.31. The highest BCUT2D eigenvalue weighted by Crippen LogP contribution is 2.40. The third-order valence-corrected chi connectivity index (χ3v) is 6.60. The van der Waals surface area contributed by atoms with Gasteiger partial charge in [-0.25, -0.2) is 0 Å². The number of para-hydroxylation sites is 1. The molecule has 5 rings (SSSR count). The summed E-state index contributed by atoms with van der Waals surface area (Å²) in [4.78, 5) is 41.9. The van der Waals surface area contributed by atoms with Crippen molar-refractivity contribution in [2.24, 2.45) is 0 Å². The molecule has 36 heavy (non-hydrogen) atoms. The fourth-order valence-electron chi connectivity index (χ4n) is 4.61. The van der Waals surface area contributed by atoms with Crippen molar-refractivity contribution in [1.29, 1.82) is 0 Å². The molecule has 1 fully saturated rings. The van der Waals surface area contributed by atoms with E-state index in [0.29, 0.717) is 22.6 Å². The smallest absolute Gasteiger partial charge is 0.295 e. The number of carbonyl (C=O) groups is 2. The number of Topliss-reactive ketones (excluding diaryl/α,β-unsaturated/α-hetero) is 1. The first kappa shape index (κ1) is 23.3. The van der Waals surface area contributed by atoms with Gasteiger partial charge >= 0.3 is 0 Å². The van der Waals surface area contributed by atoms with Gasteiger partial charge in [0.15, 0.2) is 0 Å². The molecule has 1 aromatic heterocycles. The Hall–Kier alpha value is -4.43. The molecule has 0 spiro atoms. The van der Waals surface area contributed by atoms with Crippen LogP contribution in [0.15, 0.2) is 84.6 Å². The summed E-state index contributed by atoms with van der Waals surface area (Å²) in [6, 6.07) is 18.7. The lowest BCUT2D eigenvalue weighted by atomic mass is 9.95. The molecular weight excluding hydrogens is 482 g/mol. The zero-order valence-corrected chi connectivity index (χ0v) is 19.6. The van der Waals surface area contributed by atoms with Crippen molar-refractivity contribution in [2.75, 3.05) is 6.54 Å². The number of carbonyl (C=O) groups excluding carboxylic acids is 2. The molecule has 1 saturated heterocycles. The summed E-state index contributed by atoms with van der Waals surface area (Å²) < 4.78 is 0. The first-order valence-electron chi connectivity index (χ1n) is 11.2. The summed E-state index contributed by atoms with van der Waals surface area (Å²) in [5, 5.41) is 24.0. The second-order valence-electron chi connectivity index (χ2n) is 8.46. The second kappa shape index (κ2) is 9.31. The number of benzene rings is 3. The number of fused-ring (bicyclic) bond motifs is 1. The van der Waals surface area contributed by atoms with Crippen LogP contribution in [0.5, 0.6) is 0 Å². The van der Waals surface area contributed by atoms with Crippen molar-refractivity contribution in [3.05, 3.63) is 116 Å². The zero-order valence-electron chi connectivity index (χ0n) is 18.8. The molecule has 0 bridgehead atoms. The summed E-state index contributed by atoms with van der Waals surface area (Å²) in [7, 11) is 0. The SMILES string of the molecule is O=C1C(=O)N(CCc2c[nH]c3ccccc23)[C@@H](c2cccc([N+](=O)[O-])c2)C1=C(O)c1ccc(Cl)cc1. The van der Waals surface area contributed by atoms with Crippen molar-refractivity contribution in [2.45, 2.75) is 12.5 Å². The molecule has 0 unspecified atom stereocenters. The van der Waals surface area contributed by atoms with E-state index >= 15 is 0 Å². The van der Waals surface area contributed by atoms with Gasteiger partial charge in [0.2, 0.25) is 0 Å². The number of amides is 1. The molecule has 180 valence electrons. The Labute approximate surface area is 210 Å². The maximum atomic E-state index is 13.2. The van der Waals surface area contributed by atoms with Gasteiger partial charge in [0.05, 0.1) is 16.5 Å². The Morgan fingerprint density at radius 2 is 1.81 bits per heavy atom. The molecule has 1 aliphatic rings. The van der Waals surface area contributed by atoms with Crippen LogP contribution < -0.4 is 0 Å². The Kier molecular flexibility index (Phi) is 6.03. The molecule has 0 aliphatic carbocycles. The first-order chi connectivity index (χ1) is 17.3. The van der Waals surface area contributed by atoms with E-state index in [4.69, 9.17) is 11.6 Å². The second-order valence-corrected chi connectivity index (χ2v) is 8.90. The Morgan fingerprint density at radius 1 is 1.06 bits per heavy atom. The van der Waals surface area contributed by atoms with Gasteiger partial charge in [-0.2, -0.15) is 0 Å². The molecule has 1 aliphatic heterocycles. The predicted octanol–water partition coefficient (Wildman–Crippen LogP) is 5.39. The maximum absolute atomic E-state index is 13.2. The van der Waals surface area contributed by atoms with Gasteiger partial charge < -0.3 is 15.0 Å². The van der Waals surface area contributed by atoms with E-state index < -0.39 is 22.7 Å². The third-order valence-electron chi connectivity index (χ3n) is 6.35. The average Bonchev–Trinajstić information content (AvgIpc) is 3.41. The average molecular weight is 502 g/mol. The molecule has 2 N–H and O–H groups in total. The van der Waals surface area contributed by atoms with E-state index in [1.165, 1.54) is 23.1 Å². The minimum atomic E-state index is -0.995. The van der Waals surface area contributed by atoms with E-state index in [0.717, 1.165) is 16.5 Å². The number of rotatable bonds is 6. The van der Waals surface area contributed by atoms with Gasteiger partial charge in [-0.1, -0.05) is 41.9 Å². The van der Waals surface area contributed by atoms with E-state index in [9.17, 15) is 24.8 Å². The van der Waals surface area contributed by atoms with Gasteiger partial charge in [-0.05, 0) is 47.9 Å². The van der Waals surface area contributed by atoms with Crippen LogP contribution in [0.1, 0.15) is 22.7 Å². The minimum absolute atomic E-state index is 0.123. The van der Waals surface area contributed by atoms with Crippen LogP contribution in [0.3, 0.4) is 0 Å². The fourth-order valence-corrected chi connectivity index (χ4v) is 4.73. The number of nitrogens with one attached hydrogen (secondary N) is 1. The van der Waals surface area contributed by atoms with Gasteiger partial charge in [-0.15, -0.1) is 0 Å². The maximum Gasteiger partial charge on any atom is 0.295 e. The number of aromatic amines is 1. The van der Waals surface area contributed by atoms with Crippen LogP contribution in [-0.2, 0) is 16.0 Å². The number of nitro benzene ring substituents is 1.